The molecule has 2 fully saturated rings. The van der Waals surface area contributed by atoms with Gasteiger partial charge in [-0.25, -0.2) is 13.2 Å². The Kier molecular flexibility index (Phi) is 6.23. The summed E-state index contributed by atoms with van der Waals surface area (Å²) in [7, 11) is -3.61. The summed E-state index contributed by atoms with van der Waals surface area (Å²) in [6.07, 6.45) is -0.440. The van der Waals surface area contributed by atoms with E-state index in [9.17, 15) is 22.8 Å². The van der Waals surface area contributed by atoms with Crippen LogP contribution in [-0.2, 0) is 24.3 Å². The van der Waals surface area contributed by atoms with E-state index in [1.54, 1.807) is 24.3 Å². The van der Waals surface area contributed by atoms with Crippen molar-refractivity contribution >= 4 is 27.9 Å². The van der Waals surface area contributed by atoms with Crippen LogP contribution in [0.2, 0.25) is 0 Å². The van der Waals surface area contributed by atoms with Gasteiger partial charge in [-0.3, -0.25) is 14.5 Å². The van der Waals surface area contributed by atoms with Crippen molar-refractivity contribution in [2.45, 2.75) is 37.7 Å². The van der Waals surface area contributed by atoms with Crippen LogP contribution in [0.25, 0.3) is 0 Å². The molecule has 1 atom stereocenters. The Hall–Kier alpha value is -2.46. The molecule has 0 saturated carbocycles. The molecule has 10 heteroatoms. The van der Waals surface area contributed by atoms with Crippen LogP contribution in [-0.4, -0.2) is 67.8 Å². The normalized spacial score (nSPS) is 19.7. The number of amides is 3. The average molecular weight is 423 g/mol. The van der Waals surface area contributed by atoms with Crippen molar-refractivity contribution in [2.24, 2.45) is 5.92 Å². The summed E-state index contributed by atoms with van der Waals surface area (Å²) in [6.45, 7) is 4.34. The summed E-state index contributed by atoms with van der Waals surface area (Å²) in [5, 5.41) is 2.52. The molecule has 1 N–H and O–H groups in total. The number of urea groups is 1. The second-order valence-corrected chi connectivity index (χ2v) is 9.23. The van der Waals surface area contributed by atoms with Gasteiger partial charge in [0.15, 0.2) is 6.10 Å². The molecule has 2 aliphatic rings. The highest BCUT2D eigenvalue weighted by molar-refractivity contribution is 7.89. The van der Waals surface area contributed by atoms with Crippen LogP contribution in [0.5, 0.6) is 0 Å². The summed E-state index contributed by atoms with van der Waals surface area (Å²) in [6, 6.07) is 6.15. The second-order valence-electron chi connectivity index (χ2n) is 7.29. The maximum absolute atomic E-state index is 12.7. The molecule has 0 radical (unpaired) electrons. The van der Waals surface area contributed by atoms with Gasteiger partial charge in [0.25, 0.3) is 5.91 Å². The van der Waals surface area contributed by atoms with Crippen molar-refractivity contribution in [1.29, 1.82) is 0 Å². The number of hydrogen-bond acceptors (Lipinski definition) is 6. The topological polar surface area (TPSA) is 113 Å². The number of rotatable bonds is 5. The molecular weight excluding hydrogens is 398 g/mol. The van der Waals surface area contributed by atoms with E-state index in [2.05, 4.69) is 5.32 Å². The maximum atomic E-state index is 12.7. The zero-order chi connectivity index (χ0) is 21.2. The molecule has 0 spiro atoms. The lowest BCUT2D eigenvalue weighted by Crippen LogP contribution is -2.44. The first kappa shape index (κ1) is 21.3. The number of aryl methyl sites for hydroxylation is 1. The highest BCUT2D eigenvalue weighted by Gasteiger charge is 2.36. The molecule has 0 bridgehead atoms. The smallest absolute Gasteiger partial charge is 0.324 e. The first-order valence-corrected chi connectivity index (χ1v) is 11.0. The summed E-state index contributed by atoms with van der Waals surface area (Å²) in [5.74, 6) is -1.59. The van der Waals surface area contributed by atoms with E-state index in [1.807, 2.05) is 6.92 Å². The number of nitrogens with one attached hydrogen (secondary N) is 1. The zero-order valence-electron chi connectivity index (χ0n) is 16.5. The summed E-state index contributed by atoms with van der Waals surface area (Å²) < 4.78 is 32.1. The summed E-state index contributed by atoms with van der Waals surface area (Å²) >= 11 is 0. The number of carbonyl (C=O) groups excluding carboxylic acids is 3. The van der Waals surface area contributed by atoms with E-state index >= 15 is 0 Å². The van der Waals surface area contributed by atoms with Crippen molar-refractivity contribution < 1.29 is 27.5 Å². The van der Waals surface area contributed by atoms with Crippen LogP contribution in [0.15, 0.2) is 29.2 Å². The third kappa shape index (κ3) is 4.59. The lowest BCUT2D eigenvalue weighted by atomic mass is 9.98. The summed E-state index contributed by atoms with van der Waals surface area (Å²) in [4.78, 5) is 37.5. The van der Waals surface area contributed by atoms with Gasteiger partial charge in [0.05, 0.1) is 10.8 Å². The molecule has 1 unspecified atom stereocenters. The third-order valence-electron chi connectivity index (χ3n) is 5.21. The fraction of sp³-hybridized carbons (Fsp3) is 0.526. The van der Waals surface area contributed by atoms with Crippen molar-refractivity contribution in [1.82, 2.24) is 14.5 Å². The van der Waals surface area contributed by atoms with Crippen molar-refractivity contribution in [3.63, 3.8) is 0 Å². The zero-order valence-corrected chi connectivity index (χ0v) is 17.3. The van der Waals surface area contributed by atoms with E-state index in [0.29, 0.717) is 19.4 Å². The molecular formula is C19H25N3O6S. The first-order valence-electron chi connectivity index (χ1n) is 9.56. The van der Waals surface area contributed by atoms with Gasteiger partial charge < -0.3 is 10.1 Å². The first-order chi connectivity index (χ1) is 13.7. The van der Waals surface area contributed by atoms with Gasteiger partial charge in [-0.05, 0) is 38.8 Å². The van der Waals surface area contributed by atoms with Crippen LogP contribution in [0.3, 0.4) is 0 Å². The third-order valence-corrected chi connectivity index (χ3v) is 7.12. The number of benzene rings is 1. The van der Waals surface area contributed by atoms with E-state index in [-0.39, 0.29) is 24.5 Å². The van der Waals surface area contributed by atoms with Crippen molar-refractivity contribution in [2.75, 3.05) is 26.2 Å². The van der Waals surface area contributed by atoms with Crippen LogP contribution < -0.4 is 5.32 Å². The summed E-state index contributed by atoms with van der Waals surface area (Å²) in [5.41, 5.74) is 0.973. The maximum Gasteiger partial charge on any atom is 0.324 e. The van der Waals surface area contributed by atoms with Crippen molar-refractivity contribution in [3.8, 4) is 0 Å². The number of hydrogen-bond donors (Lipinski definition) is 1. The minimum Gasteiger partial charge on any atom is -0.452 e. The van der Waals surface area contributed by atoms with E-state index in [0.717, 1.165) is 10.5 Å². The quantitative estimate of drug-likeness (QED) is 0.704. The van der Waals surface area contributed by atoms with Crippen LogP contribution in [0.4, 0.5) is 4.79 Å². The number of ether oxygens (including phenoxy) is 1. The molecule has 3 rings (SSSR count). The van der Waals surface area contributed by atoms with Crippen LogP contribution in [0, 0.1) is 12.8 Å². The Morgan fingerprint density at radius 2 is 1.76 bits per heavy atom. The van der Waals surface area contributed by atoms with Gasteiger partial charge in [0.1, 0.15) is 0 Å². The fourth-order valence-electron chi connectivity index (χ4n) is 3.41. The Morgan fingerprint density at radius 3 is 2.31 bits per heavy atom. The molecule has 3 amide bonds. The minimum atomic E-state index is -3.61. The average Bonchev–Trinajstić information content (AvgIpc) is 3.13. The van der Waals surface area contributed by atoms with Gasteiger partial charge in [-0.15, -0.1) is 0 Å². The molecule has 1 aromatic carbocycles. The van der Waals surface area contributed by atoms with Gasteiger partial charge in [-0.2, -0.15) is 4.31 Å². The highest BCUT2D eigenvalue weighted by atomic mass is 32.2. The molecule has 2 aliphatic heterocycles. The van der Waals surface area contributed by atoms with Gasteiger partial charge >= 0.3 is 12.0 Å². The Labute approximate surface area is 170 Å². The molecule has 29 heavy (non-hydrogen) atoms. The molecule has 9 nitrogen and oxygen atoms in total. The molecule has 2 heterocycles. The van der Waals surface area contributed by atoms with Crippen molar-refractivity contribution in [3.05, 3.63) is 29.8 Å². The molecule has 2 saturated heterocycles. The number of esters is 1. The predicted molar refractivity (Wildman–Crippen MR) is 103 cm³/mol. The Balaban J connectivity index is 1.54. The van der Waals surface area contributed by atoms with Crippen LogP contribution >= 0.6 is 0 Å². The number of carbonyl (C=O) groups is 3. The van der Waals surface area contributed by atoms with E-state index in [4.69, 9.17) is 4.74 Å². The Bertz CT molecular complexity index is 891. The number of imide groups is 1. The minimum absolute atomic E-state index is 0.201. The van der Waals surface area contributed by atoms with E-state index < -0.39 is 40.0 Å². The standard InChI is InChI=1S/C19H25N3O6S/c1-13-3-5-16(6-4-13)29(26,27)21-10-7-15(8-11-21)18(24)28-14(2)17(23)22-12-9-20-19(22)25/h3-6,14-15H,7-12H2,1-2H3,(H,20,25). The van der Waals surface area contributed by atoms with Gasteiger partial charge in [0.2, 0.25) is 10.0 Å². The fourth-order valence-corrected chi connectivity index (χ4v) is 4.88. The second kappa shape index (κ2) is 8.50. The molecule has 158 valence electrons. The predicted octanol–water partition coefficient (Wildman–Crippen LogP) is 0.879. The molecule has 0 aliphatic carbocycles. The molecule has 0 aromatic heterocycles. The number of piperidine rings is 1. The Morgan fingerprint density at radius 1 is 1.14 bits per heavy atom. The van der Waals surface area contributed by atoms with Crippen LogP contribution in [0.1, 0.15) is 25.3 Å². The largest absolute Gasteiger partial charge is 0.452 e. The number of sulfonamides is 1. The SMILES string of the molecule is Cc1ccc(S(=O)(=O)N2CCC(C(=O)OC(C)C(=O)N3CCNC3=O)CC2)cc1. The lowest BCUT2D eigenvalue weighted by Gasteiger charge is -2.30. The highest BCUT2D eigenvalue weighted by Crippen LogP contribution is 2.25. The lowest BCUT2D eigenvalue weighted by molar-refractivity contribution is -0.162. The molecule has 1 aromatic rings. The number of nitrogens with zero attached hydrogens (tertiary/aromatic N) is 2. The van der Waals surface area contributed by atoms with Gasteiger partial charge in [-0.1, -0.05) is 17.7 Å². The van der Waals surface area contributed by atoms with Gasteiger partial charge in [0, 0.05) is 26.2 Å². The monoisotopic (exact) mass is 423 g/mol. The van der Waals surface area contributed by atoms with E-state index in [1.165, 1.54) is 11.2 Å².